The second-order valence-corrected chi connectivity index (χ2v) is 7.56. The van der Waals surface area contributed by atoms with Gasteiger partial charge in [-0.05, 0) is 61.6 Å². The molecule has 8 nitrogen and oxygen atoms in total. The van der Waals surface area contributed by atoms with Crippen LogP contribution in [0.15, 0.2) is 41.4 Å². The van der Waals surface area contributed by atoms with Crippen molar-refractivity contribution in [3.05, 3.63) is 52.0 Å². The summed E-state index contributed by atoms with van der Waals surface area (Å²) in [5.74, 6) is -1.00. The van der Waals surface area contributed by atoms with E-state index in [-0.39, 0.29) is 24.0 Å². The Labute approximate surface area is 184 Å². The molecule has 0 spiro atoms. The summed E-state index contributed by atoms with van der Waals surface area (Å²) in [6, 6.07) is 9.68. The minimum atomic E-state index is -0.648. The van der Waals surface area contributed by atoms with Gasteiger partial charge in [-0.3, -0.25) is 9.59 Å². The van der Waals surface area contributed by atoms with Gasteiger partial charge in [0.2, 0.25) is 0 Å². The smallest absolute Gasteiger partial charge is 0.280 e. The van der Waals surface area contributed by atoms with Gasteiger partial charge < -0.3 is 26.4 Å². The Bertz CT molecular complexity index is 939. The number of nitrogens with two attached hydrogens (primary N) is 2. The first-order valence-electron chi connectivity index (χ1n) is 8.94. The Balaban J connectivity index is 2.29. The van der Waals surface area contributed by atoms with Crippen LogP contribution in [0.2, 0.25) is 10.0 Å². The highest BCUT2D eigenvalue weighted by Gasteiger charge is 2.13. The molecule has 160 valence electrons. The Morgan fingerprint density at radius 3 is 2.27 bits per heavy atom. The van der Waals surface area contributed by atoms with E-state index in [9.17, 15) is 9.59 Å². The zero-order chi connectivity index (χ0) is 22.3. The molecule has 0 radical (unpaired) electrons. The van der Waals surface area contributed by atoms with Gasteiger partial charge in [0, 0.05) is 28.7 Å². The lowest BCUT2D eigenvalue weighted by Gasteiger charge is -2.12. The molecular formula is C20H23Cl2N5O3. The van der Waals surface area contributed by atoms with Crippen molar-refractivity contribution in [3.63, 3.8) is 0 Å². The largest absolute Gasteiger partial charge is 0.484 e. The summed E-state index contributed by atoms with van der Waals surface area (Å²) < 4.78 is 5.59. The van der Waals surface area contributed by atoms with Gasteiger partial charge in [0.1, 0.15) is 5.75 Å². The van der Waals surface area contributed by atoms with Crippen molar-refractivity contribution in [2.75, 3.05) is 33.8 Å². The zero-order valence-corrected chi connectivity index (χ0v) is 18.1. The molecule has 0 aromatic heterocycles. The van der Waals surface area contributed by atoms with Crippen LogP contribution in [0.3, 0.4) is 0 Å². The number of rotatable bonds is 8. The lowest BCUT2D eigenvalue weighted by atomic mass is 10.0. The Morgan fingerprint density at radius 1 is 1.03 bits per heavy atom. The second kappa shape index (κ2) is 10.8. The molecule has 10 heteroatoms. The summed E-state index contributed by atoms with van der Waals surface area (Å²) in [4.78, 5) is 29.8. The standard InChI is InChI=1S/C20H23Cl2N5O3/c1-27(2)4-3-25-18(28)11-30-17-8-12(13-6-15(21)10-16(22)7-13)5-14(9-17)19(29)26-20(23)24/h5-10H,3-4,11H2,1-2H3,(H,25,28)(H4,23,24,26,29). The van der Waals surface area contributed by atoms with Gasteiger partial charge in [-0.25, -0.2) is 0 Å². The first-order chi connectivity index (χ1) is 14.1. The number of nitrogens with zero attached hydrogens (tertiary/aromatic N) is 2. The summed E-state index contributed by atoms with van der Waals surface area (Å²) in [5.41, 5.74) is 12.1. The molecule has 0 atom stereocenters. The van der Waals surface area contributed by atoms with E-state index in [2.05, 4.69) is 10.3 Å². The van der Waals surface area contributed by atoms with Crippen LogP contribution < -0.4 is 21.5 Å². The number of ether oxygens (including phenoxy) is 1. The molecule has 0 heterocycles. The third-order valence-electron chi connectivity index (χ3n) is 3.83. The highest BCUT2D eigenvalue weighted by molar-refractivity contribution is 6.35. The molecule has 30 heavy (non-hydrogen) atoms. The number of likely N-dealkylation sites (N-methyl/N-ethyl adjacent to an activating group) is 1. The van der Waals surface area contributed by atoms with Crippen molar-refractivity contribution in [2.45, 2.75) is 0 Å². The van der Waals surface area contributed by atoms with Crippen molar-refractivity contribution >= 4 is 41.0 Å². The van der Waals surface area contributed by atoms with Crippen LogP contribution in [0.1, 0.15) is 10.4 Å². The number of carbonyl (C=O) groups excluding carboxylic acids is 2. The number of amides is 2. The number of carbonyl (C=O) groups is 2. The molecule has 2 aromatic carbocycles. The van der Waals surface area contributed by atoms with E-state index >= 15 is 0 Å². The monoisotopic (exact) mass is 451 g/mol. The SMILES string of the molecule is CN(C)CCNC(=O)COc1cc(C(=O)N=C(N)N)cc(-c2cc(Cl)cc(Cl)c2)c1. The molecule has 0 saturated heterocycles. The minimum Gasteiger partial charge on any atom is -0.484 e. The molecule has 0 aliphatic carbocycles. The maximum absolute atomic E-state index is 12.3. The van der Waals surface area contributed by atoms with Crippen LogP contribution in [-0.4, -0.2) is 56.5 Å². The van der Waals surface area contributed by atoms with Crippen LogP contribution in [0.25, 0.3) is 11.1 Å². The number of hydrogen-bond donors (Lipinski definition) is 3. The molecule has 5 N–H and O–H groups in total. The van der Waals surface area contributed by atoms with Crippen molar-refractivity contribution in [1.82, 2.24) is 10.2 Å². The summed E-state index contributed by atoms with van der Waals surface area (Å²) in [6.07, 6.45) is 0. The van der Waals surface area contributed by atoms with Crippen LogP contribution in [0.4, 0.5) is 0 Å². The first kappa shape index (κ1) is 23.5. The van der Waals surface area contributed by atoms with Crippen molar-refractivity contribution in [1.29, 1.82) is 0 Å². The summed E-state index contributed by atoms with van der Waals surface area (Å²) in [7, 11) is 3.82. The van der Waals surface area contributed by atoms with Gasteiger partial charge in [-0.1, -0.05) is 23.2 Å². The van der Waals surface area contributed by atoms with Crippen LogP contribution in [-0.2, 0) is 4.79 Å². The predicted molar refractivity (Wildman–Crippen MR) is 119 cm³/mol. The Hall–Kier alpha value is -2.81. The molecule has 2 aromatic rings. The Kier molecular flexibility index (Phi) is 8.46. The maximum Gasteiger partial charge on any atom is 0.280 e. The highest BCUT2D eigenvalue weighted by Crippen LogP contribution is 2.31. The van der Waals surface area contributed by atoms with Crippen LogP contribution in [0, 0.1) is 0 Å². The van der Waals surface area contributed by atoms with Crippen molar-refractivity contribution < 1.29 is 14.3 Å². The van der Waals surface area contributed by atoms with E-state index in [0.29, 0.717) is 40.0 Å². The zero-order valence-electron chi connectivity index (χ0n) is 16.6. The molecule has 0 aliphatic heterocycles. The molecule has 2 amide bonds. The second-order valence-electron chi connectivity index (χ2n) is 6.69. The van der Waals surface area contributed by atoms with E-state index in [1.807, 2.05) is 19.0 Å². The van der Waals surface area contributed by atoms with Gasteiger partial charge >= 0.3 is 0 Å². The van der Waals surface area contributed by atoms with E-state index < -0.39 is 5.91 Å². The average Bonchev–Trinajstić information content (AvgIpc) is 2.64. The number of hydrogen-bond acceptors (Lipinski definition) is 4. The minimum absolute atomic E-state index is 0.181. The lowest BCUT2D eigenvalue weighted by Crippen LogP contribution is -2.34. The van der Waals surface area contributed by atoms with E-state index in [1.54, 1.807) is 30.3 Å². The van der Waals surface area contributed by atoms with Gasteiger partial charge in [-0.15, -0.1) is 0 Å². The molecule has 0 aliphatic rings. The normalized spacial score (nSPS) is 10.6. The van der Waals surface area contributed by atoms with Crippen molar-refractivity contribution in [3.8, 4) is 16.9 Å². The lowest BCUT2D eigenvalue weighted by molar-refractivity contribution is -0.123. The quantitative estimate of drug-likeness (QED) is 0.417. The topological polar surface area (TPSA) is 123 Å². The van der Waals surface area contributed by atoms with E-state index in [1.165, 1.54) is 6.07 Å². The number of nitrogens with one attached hydrogen (secondary N) is 1. The van der Waals surface area contributed by atoms with Crippen LogP contribution in [0.5, 0.6) is 5.75 Å². The fraction of sp³-hybridized carbons (Fsp3) is 0.250. The Morgan fingerprint density at radius 2 is 1.67 bits per heavy atom. The van der Waals surface area contributed by atoms with Gasteiger partial charge in [0.25, 0.3) is 11.8 Å². The fourth-order valence-electron chi connectivity index (χ4n) is 2.49. The average molecular weight is 452 g/mol. The predicted octanol–water partition coefficient (Wildman–Crippen LogP) is 2.13. The molecule has 0 saturated carbocycles. The number of aliphatic imine (C=N–C) groups is 1. The molecular weight excluding hydrogens is 429 g/mol. The van der Waals surface area contributed by atoms with Crippen LogP contribution >= 0.6 is 23.2 Å². The third kappa shape index (κ3) is 7.55. The molecule has 0 fully saturated rings. The van der Waals surface area contributed by atoms with Gasteiger partial charge in [0.15, 0.2) is 12.6 Å². The summed E-state index contributed by atoms with van der Waals surface area (Å²) in [5, 5.41) is 3.61. The van der Waals surface area contributed by atoms with Crippen molar-refractivity contribution in [2.24, 2.45) is 16.5 Å². The third-order valence-corrected chi connectivity index (χ3v) is 4.27. The first-order valence-corrected chi connectivity index (χ1v) is 9.69. The highest BCUT2D eigenvalue weighted by atomic mass is 35.5. The van der Waals surface area contributed by atoms with Gasteiger partial charge in [0.05, 0.1) is 0 Å². The number of benzene rings is 2. The molecule has 0 bridgehead atoms. The van der Waals surface area contributed by atoms with Gasteiger partial charge in [-0.2, -0.15) is 4.99 Å². The number of halogens is 2. The van der Waals surface area contributed by atoms with E-state index in [0.717, 1.165) is 0 Å². The molecule has 0 unspecified atom stereocenters. The summed E-state index contributed by atoms with van der Waals surface area (Å²) in [6.45, 7) is 0.974. The summed E-state index contributed by atoms with van der Waals surface area (Å²) >= 11 is 12.2. The van der Waals surface area contributed by atoms with E-state index in [4.69, 9.17) is 39.4 Å². The molecule has 2 rings (SSSR count). The number of guanidine groups is 1. The fourth-order valence-corrected chi connectivity index (χ4v) is 3.02. The maximum atomic E-state index is 12.3.